The van der Waals surface area contributed by atoms with Crippen molar-refractivity contribution in [3.63, 3.8) is 0 Å². The summed E-state index contributed by atoms with van der Waals surface area (Å²) in [5, 5.41) is 11.2. The van der Waals surface area contributed by atoms with Gasteiger partial charge in [0.05, 0.1) is 0 Å². The molecule has 3 rings (SSSR count). The molecule has 5 nitrogen and oxygen atoms in total. The lowest BCUT2D eigenvalue weighted by Crippen LogP contribution is -2.24. The minimum Gasteiger partial charge on any atom is -0.294 e. The number of hydrogen-bond acceptors (Lipinski definition) is 3. The van der Waals surface area contributed by atoms with Crippen molar-refractivity contribution in [1.82, 2.24) is 14.8 Å². The fraction of sp³-hybridized carbons (Fsp3) is 0.800. The van der Waals surface area contributed by atoms with Gasteiger partial charge in [-0.2, -0.15) is 0 Å². The van der Waals surface area contributed by atoms with Gasteiger partial charge in [-0.25, -0.2) is 0 Å². The molecule has 2 aliphatic carbocycles. The van der Waals surface area contributed by atoms with E-state index in [1.54, 1.807) is 0 Å². The predicted molar refractivity (Wildman–Crippen MR) is 77.4 cm³/mol. The van der Waals surface area contributed by atoms with E-state index in [0.29, 0.717) is 12.0 Å². The van der Waals surface area contributed by atoms with Crippen LogP contribution >= 0.6 is 0 Å². The van der Waals surface area contributed by atoms with Gasteiger partial charge < -0.3 is 0 Å². The van der Waals surface area contributed by atoms with E-state index in [1.807, 2.05) is 13.8 Å². The summed E-state index contributed by atoms with van der Waals surface area (Å²) in [6, 6.07) is 0.491. The highest BCUT2D eigenvalue weighted by atomic mass is 16.2. The Bertz CT molecular complexity index is 486. The Balaban J connectivity index is 1.60. The minimum atomic E-state index is 0.0581. The molecular weight excluding hydrogens is 252 g/mol. The van der Waals surface area contributed by atoms with Gasteiger partial charge in [0.1, 0.15) is 5.82 Å². The van der Waals surface area contributed by atoms with Crippen LogP contribution in [0.1, 0.15) is 63.7 Å². The maximum absolute atomic E-state index is 12.3. The largest absolute Gasteiger partial charge is 0.294 e. The lowest BCUT2D eigenvalue weighted by molar-refractivity contribution is -0.119. The predicted octanol–water partition coefficient (Wildman–Crippen LogP) is 3.08. The highest BCUT2D eigenvalue weighted by molar-refractivity contribution is 5.90. The van der Waals surface area contributed by atoms with Gasteiger partial charge in [0.15, 0.2) is 0 Å². The number of aromatic nitrogens is 3. The third kappa shape index (κ3) is 2.86. The zero-order chi connectivity index (χ0) is 14.1. The quantitative estimate of drug-likeness (QED) is 0.899. The Morgan fingerprint density at radius 3 is 2.65 bits per heavy atom. The number of rotatable bonds is 5. The third-order valence-electron chi connectivity index (χ3n) is 4.62. The summed E-state index contributed by atoms with van der Waals surface area (Å²) >= 11 is 0. The Morgan fingerprint density at radius 1 is 1.30 bits per heavy atom. The molecule has 0 radical (unpaired) electrons. The smallest absolute Gasteiger partial charge is 0.231 e. The summed E-state index contributed by atoms with van der Waals surface area (Å²) < 4.78 is 2.07. The molecule has 2 aliphatic rings. The Hall–Kier alpha value is -1.39. The molecule has 0 aromatic carbocycles. The molecule has 20 heavy (non-hydrogen) atoms. The first-order valence-corrected chi connectivity index (χ1v) is 7.87. The van der Waals surface area contributed by atoms with E-state index in [-0.39, 0.29) is 11.8 Å². The van der Waals surface area contributed by atoms with Crippen LogP contribution < -0.4 is 5.32 Å². The molecule has 1 aromatic heterocycles. The second-order valence-electron chi connectivity index (χ2n) is 6.45. The fourth-order valence-corrected chi connectivity index (χ4v) is 3.31. The lowest BCUT2D eigenvalue weighted by atomic mass is 9.94. The summed E-state index contributed by atoms with van der Waals surface area (Å²) in [6.45, 7) is 3.97. The maximum atomic E-state index is 12.3. The van der Waals surface area contributed by atoms with Crippen molar-refractivity contribution < 1.29 is 4.79 Å². The van der Waals surface area contributed by atoms with Crippen molar-refractivity contribution in [3.05, 3.63) is 5.82 Å². The molecular formula is C15H24N4O. The van der Waals surface area contributed by atoms with E-state index < -0.39 is 0 Å². The average Bonchev–Trinajstić information content (AvgIpc) is 3.00. The van der Waals surface area contributed by atoms with Crippen LogP contribution in [-0.4, -0.2) is 20.7 Å². The summed E-state index contributed by atoms with van der Waals surface area (Å²) in [6.07, 6.45) is 8.56. The van der Waals surface area contributed by atoms with E-state index in [1.165, 1.54) is 38.5 Å². The first kappa shape index (κ1) is 13.6. The molecule has 0 bridgehead atoms. The lowest BCUT2D eigenvalue weighted by Gasteiger charge is -2.16. The van der Waals surface area contributed by atoms with E-state index in [2.05, 4.69) is 20.1 Å². The van der Waals surface area contributed by atoms with Crippen LogP contribution in [-0.2, 0) is 4.79 Å². The van der Waals surface area contributed by atoms with Crippen LogP contribution in [0.3, 0.4) is 0 Å². The summed E-state index contributed by atoms with van der Waals surface area (Å²) in [4.78, 5) is 12.3. The van der Waals surface area contributed by atoms with Crippen molar-refractivity contribution in [2.24, 2.45) is 11.8 Å². The van der Waals surface area contributed by atoms with Crippen LogP contribution in [0.25, 0.3) is 0 Å². The molecule has 1 atom stereocenters. The Morgan fingerprint density at radius 2 is 2.00 bits per heavy atom. The Kier molecular flexibility index (Phi) is 3.76. The number of amides is 1. The zero-order valence-corrected chi connectivity index (χ0v) is 12.4. The number of nitrogens with zero attached hydrogens (tertiary/aromatic N) is 3. The van der Waals surface area contributed by atoms with Crippen LogP contribution in [0.2, 0.25) is 0 Å². The topological polar surface area (TPSA) is 59.8 Å². The van der Waals surface area contributed by atoms with Crippen molar-refractivity contribution in [3.8, 4) is 0 Å². The van der Waals surface area contributed by atoms with Gasteiger partial charge >= 0.3 is 0 Å². The first-order valence-electron chi connectivity index (χ1n) is 7.87. The van der Waals surface area contributed by atoms with Crippen molar-refractivity contribution >= 4 is 11.9 Å². The second kappa shape index (κ2) is 5.54. The van der Waals surface area contributed by atoms with Crippen LogP contribution in [0.5, 0.6) is 0 Å². The van der Waals surface area contributed by atoms with Gasteiger partial charge in [-0.3, -0.25) is 14.7 Å². The van der Waals surface area contributed by atoms with Gasteiger partial charge in [0.25, 0.3) is 0 Å². The summed E-state index contributed by atoms with van der Waals surface area (Å²) in [5.74, 6) is 2.41. The molecule has 2 fully saturated rings. The van der Waals surface area contributed by atoms with Crippen LogP contribution in [0.15, 0.2) is 0 Å². The molecule has 1 N–H and O–H groups in total. The molecule has 1 heterocycles. The van der Waals surface area contributed by atoms with Crippen molar-refractivity contribution in [2.75, 3.05) is 5.32 Å². The summed E-state index contributed by atoms with van der Waals surface area (Å²) in [5.41, 5.74) is 0. The standard InChI is InChI=1S/C15H24N4O/c1-10(9-12-5-3-4-6-12)14(20)16-15-18-17-11(2)19(15)13-7-8-13/h10,12-13H,3-9H2,1-2H3,(H,16,18,20)/t10-/m1/s1. The number of anilines is 1. The molecule has 2 saturated carbocycles. The molecule has 5 heteroatoms. The normalized spacial score (nSPS) is 21.1. The van der Waals surface area contributed by atoms with Crippen LogP contribution in [0.4, 0.5) is 5.95 Å². The Labute approximate surface area is 120 Å². The van der Waals surface area contributed by atoms with E-state index in [0.717, 1.165) is 18.2 Å². The molecule has 0 unspecified atom stereocenters. The van der Waals surface area contributed by atoms with Gasteiger partial charge in [0.2, 0.25) is 11.9 Å². The van der Waals surface area contributed by atoms with Gasteiger partial charge in [-0.05, 0) is 32.1 Å². The number of aryl methyl sites for hydroxylation is 1. The highest BCUT2D eigenvalue weighted by Crippen LogP contribution is 2.38. The molecule has 0 saturated heterocycles. The second-order valence-corrected chi connectivity index (χ2v) is 6.45. The fourth-order valence-electron chi connectivity index (χ4n) is 3.31. The number of nitrogens with one attached hydrogen (secondary N) is 1. The number of hydrogen-bond donors (Lipinski definition) is 1. The molecule has 1 aromatic rings. The SMILES string of the molecule is Cc1nnc(NC(=O)[C@H](C)CC2CCCC2)n1C1CC1. The van der Waals surface area contributed by atoms with Gasteiger partial charge in [-0.1, -0.05) is 32.6 Å². The minimum absolute atomic E-state index is 0.0581. The highest BCUT2D eigenvalue weighted by Gasteiger charge is 2.29. The first-order chi connectivity index (χ1) is 9.65. The third-order valence-corrected chi connectivity index (χ3v) is 4.62. The van der Waals surface area contributed by atoms with Crippen LogP contribution in [0, 0.1) is 18.8 Å². The number of carbonyl (C=O) groups is 1. The van der Waals surface area contributed by atoms with E-state index in [9.17, 15) is 4.79 Å². The van der Waals surface area contributed by atoms with E-state index >= 15 is 0 Å². The average molecular weight is 276 g/mol. The molecule has 1 amide bonds. The monoisotopic (exact) mass is 276 g/mol. The number of carbonyl (C=O) groups excluding carboxylic acids is 1. The maximum Gasteiger partial charge on any atom is 0.231 e. The van der Waals surface area contributed by atoms with Gasteiger partial charge in [-0.15, -0.1) is 10.2 Å². The zero-order valence-electron chi connectivity index (χ0n) is 12.4. The molecule has 110 valence electrons. The molecule has 0 aliphatic heterocycles. The van der Waals surface area contributed by atoms with Gasteiger partial charge in [0, 0.05) is 12.0 Å². The van der Waals surface area contributed by atoms with Crippen molar-refractivity contribution in [2.45, 2.75) is 64.8 Å². The van der Waals surface area contributed by atoms with E-state index in [4.69, 9.17) is 0 Å². The summed E-state index contributed by atoms with van der Waals surface area (Å²) in [7, 11) is 0. The molecule has 0 spiro atoms. The van der Waals surface area contributed by atoms with Crippen molar-refractivity contribution in [1.29, 1.82) is 0 Å².